The van der Waals surface area contributed by atoms with E-state index in [0.717, 1.165) is 32.0 Å². The molecule has 25 heavy (non-hydrogen) atoms. The summed E-state index contributed by atoms with van der Waals surface area (Å²) in [5, 5.41) is 6.13. The van der Waals surface area contributed by atoms with Crippen LogP contribution in [0.4, 0.5) is 4.79 Å². The Balaban J connectivity index is 2.17. The SMILES string of the molecule is CC(c1ccccc1)C1(NC(=O)NC(C=O)C(C)(C)C)CCCCC1. The molecule has 0 aliphatic heterocycles. The van der Waals surface area contributed by atoms with E-state index in [4.69, 9.17) is 0 Å². The van der Waals surface area contributed by atoms with Gasteiger partial charge < -0.3 is 15.4 Å². The van der Waals surface area contributed by atoms with Crippen LogP contribution in [-0.4, -0.2) is 23.9 Å². The standard InChI is InChI=1S/C21H32N2O2/c1-16(17-11-7-5-8-12-17)21(13-9-6-10-14-21)23-19(25)22-18(15-24)20(2,3)4/h5,7-8,11-12,15-16,18H,6,9-10,13-14H2,1-4H3,(H2,22,23,25). The zero-order valence-electron chi connectivity index (χ0n) is 16.0. The topological polar surface area (TPSA) is 58.2 Å². The second-order valence-corrected chi connectivity index (χ2v) is 8.43. The summed E-state index contributed by atoms with van der Waals surface area (Å²) >= 11 is 0. The van der Waals surface area contributed by atoms with E-state index in [9.17, 15) is 9.59 Å². The molecule has 1 aromatic rings. The molecular formula is C21H32N2O2. The van der Waals surface area contributed by atoms with E-state index < -0.39 is 6.04 Å². The van der Waals surface area contributed by atoms with Gasteiger partial charge in [-0.1, -0.05) is 77.3 Å². The molecule has 0 saturated heterocycles. The average molecular weight is 344 g/mol. The van der Waals surface area contributed by atoms with Crippen LogP contribution in [0.2, 0.25) is 0 Å². The van der Waals surface area contributed by atoms with Crippen LogP contribution in [0, 0.1) is 5.41 Å². The molecule has 1 fully saturated rings. The summed E-state index contributed by atoms with van der Waals surface area (Å²) in [6.45, 7) is 8.06. The van der Waals surface area contributed by atoms with Crippen LogP contribution in [0.1, 0.15) is 71.3 Å². The molecule has 2 amide bonds. The van der Waals surface area contributed by atoms with Gasteiger partial charge in [0, 0.05) is 11.5 Å². The maximum Gasteiger partial charge on any atom is 0.315 e. The lowest BCUT2D eigenvalue weighted by molar-refractivity contribution is -0.111. The summed E-state index contributed by atoms with van der Waals surface area (Å²) in [4.78, 5) is 24.1. The smallest absolute Gasteiger partial charge is 0.315 e. The molecule has 0 spiro atoms. The normalized spacial score (nSPS) is 19.5. The Kier molecular flexibility index (Phi) is 6.26. The fourth-order valence-electron chi connectivity index (χ4n) is 3.77. The number of hydrogen-bond acceptors (Lipinski definition) is 2. The van der Waals surface area contributed by atoms with Crippen molar-refractivity contribution in [1.82, 2.24) is 10.6 Å². The molecule has 2 atom stereocenters. The number of hydrogen-bond donors (Lipinski definition) is 2. The van der Waals surface area contributed by atoms with E-state index in [1.54, 1.807) is 0 Å². The van der Waals surface area contributed by atoms with Crippen LogP contribution < -0.4 is 10.6 Å². The predicted molar refractivity (Wildman–Crippen MR) is 102 cm³/mol. The van der Waals surface area contributed by atoms with Gasteiger partial charge in [0.05, 0.1) is 6.04 Å². The Morgan fingerprint density at radius 3 is 2.24 bits per heavy atom. The number of benzene rings is 1. The molecule has 138 valence electrons. The number of rotatable bonds is 5. The lowest BCUT2D eigenvalue weighted by Gasteiger charge is -2.43. The zero-order chi connectivity index (χ0) is 18.5. The molecule has 2 N–H and O–H groups in total. The minimum atomic E-state index is -0.500. The van der Waals surface area contributed by atoms with Crippen molar-refractivity contribution in [3.63, 3.8) is 0 Å². The van der Waals surface area contributed by atoms with Crippen LogP contribution in [0.3, 0.4) is 0 Å². The fraction of sp³-hybridized carbons (Fsp3) is 0.619. The van der Waals surface area contributed by atoms with Crippen molar-refractivity contribution >= 4 is 12.3 Å². The number of carbonyl (C=O) groups is 2. The predicted octanol–water partition coefficient (Wildman–Crippen LogP) is 4.41. The molecule has 4 nitrogen and oxygen atoms in total. The first-order valence-corrected chi connectivity index (χ1v) is 9.37. The Bertz CT molecular complexity index is 571. The van der Waals surface area contributed by atoms with Gasteiger partial charge in [-0.2, -0.15) is 0 Å². The maximum absolute atomic E-state index is 12.7. The van der Waals surface area contributed by atoms with Gasteiger partial charge in [-0.15, -0.1) is 0 Å². The molecule has 1 aliphatic carbocycles. The Labute approximate surface area is 151 Å². The van der Waals surface area contributed by atoms with Crippen molar-refractivity contribution in [2.75, 3.05) is 0 Å². The quantitative estimate of drug-likeness (QED) is 0.778. The van der Waals surface area contributed by atoms with Crippen molar-refractivity contribution in [2.45, 2.75) is 77.3 Å². The van der Waals surface area contributed by atoms with E-state index >= 15 is 0 Å². The van der Waals surface area contributed by atoms with Crippen molar-refractivity contribution in [1.29, 1.82) is 0 Å². The van der Waals surface area contributed by atoms with Gasteiger partial charge in [0.15, 0.2) is 0 Å². The second-order valence-electron chi connectivity index (χ2n) is 8.43. The summed E-state index contributed by atoms with van der Waals surface area (Å²) < 4.78 is 0. The second kappa shape index (κ2) is 8.03. The minimum Gasteiger partial charge on any atom is -0.332 e. The van der Waals surface area contributed by atoms with Crippen LogP contribution in [0.25, 0.3) is 0 Å². The monoisotopic (exact) mass is 344 g/mol. The van der Waals surface area contributed by atoms with E-state index in [1.165, 1.54) is 12.0 Å². The molecule has 0 aromatic heterocycles. The first kappa shape index (κ1) is 19.5. The summed E-state index contributed by atoms with van der Waals surface area (Å²) in [6, 6.07) is 9.63. The van der Waals surface area contributed by atoms with Crippen molar-refractivity contribution < 1.29 is 9.59 Å². The van der Waals surface area contributed by atoms with Gasteiger partial charge in [-0.3, -0.25) is 0 Å². The molecule has 2 unspecified atom stereocenters. The highest BCUT2D eigenvalue weighted by molar-refractivity contribution is 5.79. The van der Waals surface area contributed by atoms with Crippen LogP contribution in [0.15, 0.2) is 30.3 Å². The molecule has 0 radical (unpaired) electrons. The Morgan fingerprint density at radius 2 is 1.72 bits per heavy atom. The Morgan fingerprint density at radius 1 is 1.12 bits per heavy atom. The average Bonchev–Trinajstić information content (AvgIpc) is 2.59. The van der Waals surface area contributed by atoms with Gasteiger partial charge in [-0.25, -0.2) is 4.79 Å². The first-order valence-electron chi connectivity index (χ1n) is 9.37. The molecule has 0 heterocycles. The molecule has 1 saturated carbocycles. The Hall–Kier alpha value is -1.84. The van der Waals surface area contributed by atoms with Crippen molar-refractivity contribution in [2.24, 2.45) is 5.41 Å². The van der Waals surface area contributed by atoms with Crippen LogP contribution in [0.5, 0.6) is 0 Å². The van der Waals surface area contributed by atoms with E-state index in [0.29, 0.717) is 0 Å². The first-order chi connectivity index (χ1) is 11.8. The number of urea groups is 1. The van der Waals surface area contributed by atoms with Crippen LogP contribution >= 0.6 is 0 Å². The number of nitrogens with one attached hydrogen (secondary N) is 2. The number of carbonyl (C=O) groups excluding carboxylic acids is 2. The largest absolute Gasteiger partial charge is 0.332 e. The third-order valence-corrected chi connectivity index (χ3v) is 5.59. The van der Waals surface area contributed by atoms with E-state index in [1.807, 2.05) is 39.0 Å². The van der Waals surface area contributed by atoms with E-state index in [-0.39, 0.29) is 22.9 Å². The summed E-state index contributed by atoms with van der Waals surface area (Å²) in [5.41, 5.74) is 0.686. The molecule has 4 heteroatoms. The van der Waals surface area contributed by atoms with Gasteiger partial charge in [0.1, 0.15) is 6.29 Å². The maximum atomic E-state index is 12.7. The highest BCUT2D eigenvalue weighted by Crippen LogP contribution is 2.39. The third-order valence-electron chi connectivity index (χ3n) is 5.59. The van der Waals surface area contributed by atoms with Gasteiger partial charge >= 0.3 is 6.03 Å². The summed E-state index contributed by atoms with van der Waals surface area (Å²) in [7, 11) is 0. The van der Waals surface area contributed by atoms with E-state index in [2.05, 4.69) is 29.7 Å². The highest BCUT2D eigenvalue weighted by Gasteiger charge is 2.40. The molecular weight excluding hydrogens is 312 g/mol. The lowest BCUT2D eigenvalue weighted by atomic mass is 9.71. The summed E-state index contributed by atoms with van der Waals surface area (Å²) in [5.74, 6) is 0.226. The third kappa shape index (κ3) is 4.83. The molecule has 1 aliphatic rings. The van der Waals surface area contributed by atoms with Gasteiger partial charge in [-0.05, 0) is 23.8 Å². The fourth-order valence-corrected chi connectivity index (χ4v) is 3.77. The summed E-state index contributed by atoms with van der Waals surface area (Å²) in [6.07, 6.45) is 6.22. The molecule has 0 bridgehead atoms. The van der Waals surface area contributed by atoms with Crippen LogP contribution in [-0.2, 0) is 4.79 Å². The van der Waals surface area contributed by atoms with Crippen molar-refractivity contribution in [3.8, 4) is 0 Å². The highest BCUT2D eigenvalue weighted by atomic mass is 16.2. The van der Waals surface area contributed by atoms with Crippen molar-refractivity contribution in [3.05, 3.63) is 35.9 Å². The molecule has 2 rings (SSSR count). The lowest BCUT2D eigenvalue weighted by Crippen LogP contribution is -2.59. The van der Waals surface area contributed by atoms with Gasteiger partial charge in [0.25, 0.3) is 0 Å². The molecule has 1 aromatic carbocycles. The minimum absolute atomic E-state index is 0.226. The zero-order valence-corrected chi connectivity index (χ0v) is 16.0. The van der Waals surface area contributed by atoms with Gasteiger partial charge in [0.2, 0.25) is 0 Å². The number of aldehydes is 1. The number of amides is 2.